The first-order valence-electron chi connectivity index (χ1n) is 6.78. The number of carbonyl (C=O) groups excluding carboxylic acids is 1. The summed E-state index contributed by atoms with van der Waals surface area (Å²) in [4.78, 5) is 17.6. The van der Waals surface area contributed by atoms with Crippen molar-refractivity contribution in [3.05, 3.63) is 54.1 Å². The molecule has 0 saturated carbocycles. The minimum Gasteiger partial charge on any atom is -0.471 e. The number of ether oxygens (including phenoxy) is 1. The van der Waals surface area contributed by atoms with Gasteiger partial charge in [0.05, 0.1) is 24.9 Å². The third-order valence-corrected chi connectivity index (χ3v) is 3.25. The lowest BCUT2D eigenvalue weighted by molar-refractivity contribution is -0.134. The molecule has 1 saturated heterocycles. The van der Waals surface area contributed by atoms with Crippen LogP contribution in [0.25, 0.3) is 6.08 Å². The maximum absolute atomic E-state index is 11.9. The zero-order valence-electron chi connectivity index (χ0n) is 11.7. The third kappa shape index (κ3) is 3.15. The number of hydrogen-bond donors (Lipinski definition) is 0. The van der Waals surface area contributed by atoms with Crippen LogP contribution < -0.4 is 4.74 Å². The highest BCUT2D eigenvalue weighted by Crippen LogP contribution is 2.17. The summed E-state index contributed by atoms with van der Waals surface area (Å²) in [6.07, 6.45) is 6.07. The largest absolute Gasteiger partial charge is 0.471 e. The molecule has 1 amide bonds. The minimum atomic E-state index is -0.0796. The van der Waals surface area contributed by atoms with Gasteiger partial charge in [-0.15, -0.1) is 0 Å². The number of rotatable bonds is 4. The Morgan fingerprint density at radius 3 is 2.95 bits per heavy atom. The monoisotopic (exact) mass is 295 g/mol. The lowest BCUT2D eigenvalue weighted by Gasteiger charge is -2.37. The first-order valence-corrected chi connectivity index (χ1v) is 6.78. The van der Waals surface area contributed by atoms with Crippen LogP contribution in [0, 0.1) is 11.3 Å². The highest BCUT2D eigenvalue weighted by molar-refractivity contribution is 5.92. The van der Waals surface area contributed by atoms with Gasteiger partial charge in [-0.2, -0.15) is 5.26 Å². The Hall–Kier alpha value is -3.07. The van der Waals surface area contributed by atoms with E-state index in [1.165, 1.54) is 12.3 Å². The predicted octanol–water partition coefficient (Wildman–Crippen LogP) is 1.85. The number of aromatic nitrogens is 1. The fraction of sp³-hybridized carbons (Fsp3) is 0.188. The molecule has 110 valence electrons. The quantitative estimate of drug-likeness (QED) is 0.804. The molecule has 0 aromatic carbocycles. The van der Waals surface area contributed by atoms with Crippen LogP contribution in [-0.4, -0.2) is 35.0 Å². The SMILES string of the molecule is N#Cc1ccc(OC2CN(C(=O)/C=C/c3ccco3)C2)nc1. The second-order valence-electron chi connectivity index (χ2n) is 4.83. The molecular formula is C16H13N3O3. The fourth-order valence-corrected chi connectivity index (χ4v) is 2.02. The van der Waals surface area contributed by atoms with Gasteiger partial charge in [-0.25, -0.2) is 4.98 Å². The number of nitriles is 1. The van der Waals surface area contributed by atoms with E-state index < -0.39 is 0 Å². The topological polar surface area (TPSA) is 79.4 Å². The van der Waals surface area contributed by atoms with Crippen molar-refractivity contribution in [3.63, 3.8) is 0 Å². The molecule has 2 aromatic heterocycles. The zero-order valence-corrected chi connectivity index (χ0v) is 11.7. The van der Waals surface area contributed by atoms with Crippen LogP contribution in [0.3, 0.4) is 0 Å². The van der Waals surface area contributed by atoms with Crippen LogP contribution in [0.5, 0.6) is 5.88 Å². The second kappa shape index (κ2) is 6.14. The van der Waals surface area contributed by atoms with Gasteiger partial charge in [-0.3, -0.25) is 4.79 Å². The Morgan fingerprint density at radius 2 is 2.32 bits per heavy atom. The van der Waals surface area contributed by atoms with Gasteiger partial charge in [0.1, 0.15) is 17.9 Å². The molecule has 0 aliphatic carbocycles. The summed E-state index contributed by atoms with van der Waals surface area (Å²) in [6, 6.07) is 8.84. The first kappa shape index (κ1) is 13.9. The Balaban J connectivity index is 1.47. The van der Waals surface area contributed by atoms with E-state index in [2.05, 4.69) is 4.98 Å². The van der Waals surface area contributed by atoms with Gasteiger partial charge in [0, 0.05) is 18.3 Å². The molecule has 1 fully saturated rings. The van der Waals surface area contributed by atoms with Crippen LogP contribution in [0.2, 0.25) is 0 Å². The number of furan rings is 1. The van der Waals surface area contributed by atoms with Crippen molar-refractivity contribution < 1.29 is 13.9 Å². The smallest absolute Gasteiger partial charge is 0.246 e. The second-order valence-corrected chi connectivity index (χ2v) is 4.83. The number of hydrogen-bond acceptors (Lipinski definition) is 5. The summed E-state index contributed by atoms with van der Waals surface area (Å²) >= 11 is 0. The van der Waals surface area contributed by atoms with Gasteiger partial charge in [0.15, 0.2) is 0 Å². The number of pyridine rings is 1. The van der Waals surface area contributed by atoms with Crippen LogP contribution >= 0.6 is 0 Å². The standard InChI is InChI=1S/C16H13N3O3/c17-8-12-3-5-15(18-9-12)22-14-10-19(11-14)16(20)6-4-13-2-1-7-21-13/h1-7,9,14H,10-11H2/b6-4+. The van der Waals surface area contributed by atoms with E-state index in [-0.39, 0.29) is 12.0 Å². The molecule has 22 heavy (non-hydrogen) atoms. The highest BCUT2D eigenvalue weighted by Gasteiger charge is 2.31. The molecule has 2 aromatic rings. The summed E-state index contributed by atoms with van der Waals surface area (Å²) in [5, 5.41) is 8.69. The number of nitrogens with zero attached hydrogens (tertiary/aromatic N) is 3. The molecule has 0 bridgehead atoms. The summed E-state index contributed by atoms with van der Waals surface area (Å²) in [5.74, 6) is 1.02. The lowest BCUT2D eigenvalue weighted by atomic mass is 10.1. The normalized spacial score (nSPS) is 14.6. The van der Waals surface area contributed by atoms with Gasteiger partial charge >= 0.3 is 0 Å². The minimum absolute atomic E-state index is 0.0681. The van der Waals surface area contributed by atoms with Crippen LogP contribution in [0.1, 0.15) is 11.3 Å². The van der Waals surface area contributed by atoms with Crippen molar-refractivity contribution in [2.45, 2.75) is 6.10 Å². The van der Waals surface area contributed by atoms with E-state index in [9.17, 15) is 4.79 Å². The van der Waals surface area contributed by atoms with E-state index in [0.29, 0.717) is 30.3 Å². The Labute approximate surface area is 127 Å². The van der Waals surface area contributed by atoms with Gasteiger partial charge in [0.2, 0.25) is 11.8 Å². The molecule has 0 radical (unpaired) electrons. The molecule has 3 heterocycles. The molecule has 0 spiro atoms. The van der Waals surface area contributed by atoms with E-state index in [1.54, 1.807) is 41.5 Å². The number of carbonyl (C=O) groups is 1. The summed E-state index contributed by atoms with van der Waals surface area (Å²) in [6.45, 7) is 1.03. The van der Waals surface area contributed by atoms with Crippen molar-refractivity contribution in [3.8, 4) is 11.9 Å². The van der Waals surface area contributed by atoms with E-state index >= 15 is 0 Å². The average molecular weight is 295 g/mol. The molecule has 6 heteroatoms. The molecule has 1 aliphatic rings. The van der Waals surface area contributed by atoms with E-state index in [1.807, 2.05) is 6.07 Å². The Kier molecular flexibility index (Phi) is 3.88. The van der Waals surface area contributed by atoms with Crippen LogP contribution in [0.4, 0.5) is 0 Å². The van der Waals surface area contributed by atoms with Crippen molar-refractivity contribution in [2.24, 2.45) is 0 Å². The maximum atomic E-state index is 11.9. The lowest BCUT2D eigenvalue weighted by Crippen LogP contribution is -2.55. The summed E-state index contributed by atoms with van der Waals surface area (Å²) in [7, 11) is 0. The van der Waals surface area contributed by atoms with Crippen molar-refractivity contribution in [1.29, 1.82) is 5.26 Å². The molecule has 1 aliphatic heterocycles. The van der Waals surface area contributed by atoms with Crippen molar-refractivity contribution in [1.82, 2.24) is 9.88 Å². The first-order chi connectivity index (χ1) is 10.7. The molecule has 3 rings (SSSR count). The van der Waals surface area contributed by atoms with Gasteiger partial charge in [0.25, 0.3) is 0 Å². The number of likely N-dealkylation sites (tertiary alicyclic amines) is 1. The van der Waals surface area contributed by atoms with Gasteiger partial charge < -0.3 is 14.1 Å². The van der Waals surface area contributed by atoms with E-state index in [4.69, 9.17) is 14.4 Å². The maximum Gasteiger partial charge on any atom is 0.246 e. The fourth-order valence-electron chi connectivity index (χ4n) is 2.02. The molecule has 6 nitrogen and oxygen atoms in total. The van der Waals surface area contributed by atoms with Gasteiger partial charge in [-0.05, 0) is 24.3 Å². The predicted molar refractivity (Wildman–Crippen MR) is 77.7 cm³/mol. The third-order valence-electron chi connectivity index (χ3n) is 3.25. The van der Waals surface area contributed by atoms with Crippen molar-refractivity contribution >= 4 is 12.0 Å². The molecular weight excluding hydrogens is 282 g/mol. The van der Waals surface area contributed by atoms with Crippen molar-refractivity contribution in [2.75, 3.05) is 13.1 Å². The van der Waals surface area contributed by atoms with Crippen LogP contribution in [0.15, 0.2) is 47.2 Å². The summed E-state index contributed by atoms with van der Waals surface area (Å²) < 4.78 is 10.7. The van der Waals surface area contributed by atoms with Gasteiger partial charge in [-0.1, -0.05) is 0 Å². The van der Waals surface area contributed by atoms with E-state index in [0.717, 1.165) is 0 Å². The highest BCUT2D eigenvalue weighted by atomic mass is 16.5. The Bertz CT molecular complexity index is 708. The summed E-state index contributed by atoms with van der Waals surface area (Å²) in [5.41, 5.74) is 0.487. The Morgan fingerprint density at radius 1 is 1.45 bits per heavy atom. The molecule has 0 N–H and O–H groups in total. The molecule has 0 unspecified atom stereocenters. The average Bonchev–Trinajstić information content (AvgIpc) is 3.02. The van der Waals surface area contributed by atoms with Crippen LogP contribution in [-0.2, 0) is 4.79 Å². The zero-order chi connectivity index (χ0) is 15.4. The number of amides is 1. The molecule has 0 atom stereocenters.